The van der Waals surface area contributed by atoms with E-state index in [4.69, 9.17) is 9.47 Å². The van der Waals surface area contributed by atoms with Crippen molar-refractivity contribution in [1.82, 2.24) is 0 Å². The summed E-state index contributed by atoms with van der Waals surface area (Å²) in [6.07, 6.45) is 0.928. The molecule has 0 fully saturated rings. The maximum atomic E-state index is 11.2. The molecule has 0 aliphatic carbocycles. The standard InChI is InChI=1S/C12H15BrO3.C2H6/c1-9(14)10-4-5-11(12(8-10)15-2)16-7-3-6-13;1-2/h4-5,8H,3,6-7H2,1-2H3;1-2H3. The summed E-state index contributed by atoms with van der Waals surface area (Å²) in [5.74, 6) is 1.29. The number of alkyl halides is 1. The topological polar surface area (TPSA) is 35.5 Å². The Hall–Kier alpha value is -1.03. The molecule has 4 heteroatoms. The Morgan fingerprint density at radius 1 is 1.28 bits per heavy atom. The molecule has 3 nitrogen and oxygen atoms in total. The molecule has 0 saturated heterocycles. The first kappa shape index (κ1) is 17.0. The average Bonchev–Trinajstić information content (AvgIpc) is 2.41. The van der Waals surface area contributed by atoms with E-state index >= 15 is 0 Å². The van der Waals surface area contributed by atoms with Gasteiger partial charge in [0.2, 0.25) is 0 Å². The van der Waals surface area contributed by atoms with E-state index in [1.54, 1.807) is 25.3 Å². The van der Waals surface area contributed by atoms with Crippen LogP contribution < -0.4 is 9.47 Å². The first-order valence-corrected chi connectivity index (χ1v) is 7.19. The third kappa shape index (κ3) is 5.54. The molecule has 0 saturated carbocycles. The molecule has 0 aromatic heterocycles. The maximum absolute atomic E-state index is 11.2. The SMILES string of the molecule is CC.COc1cc(C(C)=O)ccc1OCCCBr. The Bertz CT molecular complexity index is 364. The Kier molecular flexibility index (Phi) is 9.38. The van der Waals surface area contributed by atoms with Gasteiger partial charge in [0.1, 0.15) is 0 Å². The van der Waals surface area contributed by atoms with Crippen LogP contribution in [0.2, 0.25) is 0 Å². The molecule has 1 aromatic carbocycles. The molecule has 1 rings (SSSR count). The molecule has 0 radical (unpaired) electrons. The predicted molar refractivity (Wildman–Crippen MR) is 78.3 cm³/mol. The van der Waals surface area contributed by atoms with Crippen molar-refractivity contribution in [2.24, 2.45) is 0 Å². The molecule has 0 heterocycles. The second-order valence-electron chi connectivity index (χ2n) is 3.31. The number of carbonyl (C=O) groups excluding carboxylic acids is 1. The van der Waals surface area contributed by atoms with Crippen LogP contribution in [0.25, 0.3) is 0 Å². The first-order chi connectivity index (χ1) is 8.69. The minimum Gasteiger partial charge on any atom is -0.493 e. The van der Waals surface area contributed by atoms with E-state index in [0.29, 0.717) is 23.7 Å². The van der Waals surface area contributed by atoms with Crippen molar-refractivity contribution in [1.29, 1.82) is 0 Å². The van der Waals surface area contributed by atoms with E-state index in [2.05, 4.69) is 15.9 Å². The minimum absolute atomic E-state index is 0.0188. The van der Waals surface area contributed by atoms with Gasteiger partial charge in [-0.15, -0.1) is 0 Å². The number of rotatable bonds is 6. The zero-order valence-corrected chi connectivity index (χ0v) is 13.0. The third-order valence-electron chi connectivity index (χ3n) is 2.11. The van der Waals surface area contributed by atoms with Crippen LogP contribution in [-0.4, -0.2) is 24.8 Å². The molecule has 0 atom stereocenters. The van der Waals surface area contributed by atoms with Crippen LogP contribution in [0.4, 0.5) is 0 Å². The molecule has 0 amide bonds. The monoisotopic (exact) mass is 316 g/mol. The van der Waals surface area contributed by atoms with E-state index in [0.717, 1.165) is 11.8 Å². The van der Waals surface area contributed by atoms with Gasteiger partial charge >= 0.3 is 0 Å². The van der Waals surface area contributed by atoms with Crippen molar-refractivity contribution < 1.29 is 14.3 Å². The molecule has 0 aliphatic rings. The molecule has 0 unspecified atom stereocenters. The molecule has 18 heavy (non-hydrogen) atoms. The first-order valence-electron chi connectivity index (χ1n) is 6.06. The van der Waals surface area contributed by atoms with Crippen LogP contribution in [-0.2, 0) is 0 Å². The molecular formula is C14H21BrO3. The maximum Gasteiger partial charge on any atom is 0.161 e. The van der Waals surface area contributed by atoms with Gasteiger partial charge in [-0.2, -0.15) is 0 Å². The lowest BCUT2D eigenvalue weighted by Crippen LogP contribution is -2.01. The van der Waals surface area contributed by atoms with Gasteiger partial charge in [-0.05, 0) is 31.5 Å². The zero-order chi connectivity index (χ0) is 14.0. The lowest BCUT2D eigenvalue weighted by atomic mass is 10.1. The summed E-state index contributed by atoms with van der Waals surface area (Å²) < 4.78 is 10.7. The number of ketones is 1. The van der Waals surface area contributed by atoms with Crippen molar-refractivity contribution in [3.05, 3.63) is 23.8 Å². The number of ether oxygens (including phenoxy) is 2. The van der Waals surface area contributed by atoms with Gasteiger partial charge in [-0.1, -0.05) is 29.8 Å². The molecule has 0 bridgehead atoms. The summed E-state index contributed by atoms with van der Waals surface area (Å²) in [4.78, 5) is 11.2. The highest BCUT2D eigenvalue weighted by Gasteiger charge is 2.07. The number of methoxy groups -OCH3 is 1. The molecule has 0 spiro atoms. The number of Topliss-reactive ketones (excluding diaryl/α,β-unsaturated/α-hetero) is 1. The fraction of sp³-hybridized carbons (Fsp3) is 0.500. The van der Waals surface area contributed by atoms with E-state index in [-0.39, 0.29) is 5.78 Å². The van der Waals surface area contributed by atoms with Gasteiger partial charge < -0.3 is 9.47 Å². The van der Waals surface area contributed by atoms with E-state index in [1.165, 1.54) is 6.92 Å². The number of carbonyl (C=O) groups is 1. The highest BCUT2D eigenvalue weighted by Crippen LogP contribution is 2.28. The van der Waals surface area contributed by atoms with Crippen LogP contribution in [0.3, 0.4) is 0 Å². The Morgan fingerprint density at radius 2 is 1.94 bits per heavy atom. The number of halogens is 1. The summed E-state index contributed by atoms with van der Waals surface area (Å²) >= 11 is 3.33. The smallest absolute Gasteiger partial charge is 0.161 e. The van der Waals surface area contributed by atoms with Gasteiger partial charge in [0.25, 0.3) is 0 Å². The second kappa shape index (κ2) is 9.95. The molecule has 0 aliphatic heterocycles. The lowest BCUT2D eigenvalue weighted by Gasteiger charge is -2.10. The summed E-state index contributed by atoms with van der Waals surface area (Å²) in [6, 6.07) is 5.21. The van der Waals surface area contributed by atoms with Gasteiger partial charge in [-0.25, -0.2) is 0 Å². The largest absolute Gasteiger partial charge is 0.493 e. The van der Waals surface area contributed by atoms with E-state index < -0.39 is 0 Å². The van der Waals surface area contributed by atoms with Gasteiger partial charge in [0, 0.05) is 10.9 Å². The number of hydrogen-bond donors (Lipinski definition) is 0. The fourth-order valence-electron chi connectivity index (χ4n) is 1.24. The quantitative estimate of drug-likeness (QED) is 0.450. The molecular weight excluding hydrogens is 296 g/mol. The highest BCUT2D eigenvalue weighted by molar-refractivity contribution is 9.09. The van der Waals surface area contributed by atoms with Crippen molar-refractivity contribution in [3.63, 3.8) is 0 Å². The Labute approximate surface area is 118 Å². The average molecular weight is 317 g/mol. The molecule has 102 valence electrons. The van der Waals surface area contributed by atoms with Gasteiger partial charge in [0.15, 0.2) is 17.3 Å². The second-order valence-corrected chi connectivity index (χ2v) is 4.11. The van der Waals surface area contributed by atoms with Gasteiger partial charge in [-0.3, -0.25) is 4.79 Å². The van der Waals surface area contributed by atoms with Crippen LogP contribution in [0.5, 0.6) is 11.5 Å². The summed E-state index contributed by atoms with van der Waals surface area (Å²) in [5, 5.41) is 0.904. The number of benzene rings is 1. The summed E-state index contributed by atoms with van der Waals surface area (Å²) in [6.45, 7) is 6.15. The van der Waals surface area contributed by atoms with Crippen molar-refractivity contribution >= 4 is 21.7 Å². The minimum atomic E-state index is 0.0188. The molecule has 0 N–H and O–H groups in total. The van der Waals surface area contributed by atoms with Crippen LogP contribution in [0.15, 0.2) is 18.2 Å². The van der Waals surface area contributed by atoms with Crippen molar-refractivity contribution in [2.75, 3.05) is 19.0 Å². The Morgan fingerprint density at radius 3 is 2.44 bits per heavy atom. The number of hydrogen-bond acceptors (Lipinski definition) is 3. The predicted octanol–water partition coefficient (Wildman–Crippen LogP) is 4.09. The third-order valence-corrected chi connectivity index (χ3v) is 2.67. The van der Waals surface area contributed by atoms with Gasteiger partial charge in [0.05, 0.1) is 13.7 Å². The fourth-order valence-corrected chi connectivity index (χ4v) is 1.47. The van der Waals surface area contributed by atoms with Crippen molar-refractivity contribution in [3.8, 4) is 11.5 Å². The van der Waals surface area contributed by atoms with E-state index in [9.17, 15) is 4.79 Å². The van der Waals surface area contributed by atoms with Crippen molar-refractivity contribution in [2.45, 2.75) is 27.2 Å². The Balaban J connectivity index is 0.00000137. The highest BCUT2D eigenvalue weighted by atomic mass is 79.9. The molecule has 1 aromatic rings. The summed E-state index contributed by atoms with van der Waals surface area (Å²) in [7, 11) is 1.57. The van der Waals surface area contributed by atoms with E-state index in [1.807, 2.05) is 13.8 Å². The van der Waals surface area contributed by atoms with Crippen LogP contribution in [0.1, 0.15) is 37.6 Å². The summed E-state index contributed by atoms with van der Waals surface area (Å²) in [5.41, 5.74) is 0.629. The lowest BCUT2D eigenvalue weighted by molar-refractivity contribution is 0.101. The zero-order valence-electron chi connectivity index (χ0n) is 11.5. The van der Waals surface area contributed by atoms with Crippen LogP contribution >= 0.6 is 15.9 Å². The normalized spacial score (nSPS) is 9.17. The van der Waals surface area contributed by atoms with Crippen LogP contribution in [0, 0.1) is 0 Å².